The summed E-state index contributed by atoms with van der Waals surface area (Å²) in [7, 11) is 0. The summed E-state index contributed by atoms with van der Waals surface area (Å²) in [6.45, 7) is 4.36. The van der Waals surface area contributed by atoms with Crippen molar-refractivity contribution in [2.75, 3.05) is 6.54 Å². The summed E-state index contributed by atoms with van der Waals surface area (Å²) in [5.41, 5.74) is 1.45. The first-order chi connectivity index (χ1) is 12.1. The molecule has 4 nitrogen and oxygen atoms in total. The Hall–Kier alpha value is -2.88. The molecule has 1 aromatic heterocycles. The number of nitrogens with zero attached hydrogens (tertiary/aromatic N) is 1. The lowest BCUT2D eigenvalue weighted by Crippen LogP contribution is -2.34. The maximum absolute atomic E-state index is 12.8. The van der Waals surface area contributed by atoms with E-state index in [4.69, 9.17) is 0 Å². The molecule has 0 unspecified atom stereocenters. The van der Waals surface area contributed by atoms with E-state index in [9.17, 15) is 9.59 Å². The number of rotatable bonds is 5. The molecule has 0 aliphatic heterocycles. The van der Waals surface area contributed by atoms with E-state index >= 15 is 0 Å². The molecule has 0 saturated carbocycles. The molecule has 0 aliphatic carbocycles. The van der Waals surface area contributed by atoms with E-state index in [0.29, 0.717) is 17.6 Å². The maximum atomic E-state index is 12.8. The van der Waals surface area contributed by atoms with Gasteiger partial charge in [-0.05, 0) is 43.4 Å². The van der Waals surface area contributed by atoms with Crippen LogP contribution in [0.25, 0.3) is 10.8 Å². The lowest BCUT2D eigenvalue weighted by molar-refractivity contribution is 0.0942. The SMILES string of the molecule is CC(C)n1c(C(=O)NCCc2ccccc2)cc2ccccc2c1=O. The van der Waals surface area contributed by atoms with Crippen LogP contribution in [-0.4, -0.2) is 17.0 Å². The fraction of sp³-hybridized carbons (Fsp3) is 0.238. The van der Waals surface area contributed by atoms with Crippen molar-refractivity contribution in [3.63, 3.8) is 0 Å². The van der Waals surface area contributed by atoms with Crippen LogP contribution in [0.1, 0.15) is 35.9 Å². The second kappa shape index (κ2) is 7.34. The van der Waals surface area contributed by atoms with Crippen LogP contribution in [0.4, 0.5) is 0 Å². The largest absolute Gasteiger partial charge is 0.350 e. The van der Waals surface area contributed by atoms with Crippen LogP contribution >= 0.6 is 0 Å². The quantitative estimate of drug-likeness (QED) is 0.776. The van der Waals surface area contributed by atoms with Crippen LogP contribution in [0.5, 0.6) is 0 Å². The molecule has 0 fully saturated rings. The van der Waals surface area contributed by atoms with Crippen molar-refractivity contribution in [2.24, 2.45) is 0 Å². The minimum Gasteiger partial charge on any atom is -0.350 e. The molecule has 1 heterocycles. The summed E-state index contributed by atoms with van der Waals surface area (Å²) >= 11 is 0. The normalized spacial score (nSPS) is 11.0. The molecule has 3 rings (SSSR count). The highest BCUT2D eigenvalue weighted by molar-refractivity contribution is 5.96. The lowest BCUT2D eigenvalue weighted by Gasteiger charge is -2.17. The summed E-state index contributed by atoms with van der Waals surface area (Å²) in [6.07, 6.45) is 0.756. The van der Waals surface area contributed by atoms with Gasteiger partial charge in [-0.2, -0.15) is 0 Å². The number of pyridine rings is 1. The van der Waals surface area contributed by atoms with Crippen molar-refractivity contribution < 1.29 is 4.79 Å². The zero-order valence-corrected chi connectivity index (χ0v) is 14.5. The predicted molar refractivity (Wildman–Crippen MR) is 101 cm³/mol. The molecule has 3 aromatic rings. The van der Waals surface area contributed by atoms with Gasteiger partial charge in [-0.15, -0.1) is 0 Å². The molecule has 0 radical (unpaired) electrons. The summed E-state index contributed by atoms with van der Waals surface area (Å²) in [4.78, 5) is 25.5. The number of hydrogen-bond donors (Lipinski definition) is 1. The second-order valence-electron chi connectivity index (χ2n) is 6.38. The Kier molecular flexibility index (Phi) is 4.98. The Balaban J connectivity index is 1.87. The number of benzene rings is 2. The summed E-state index contributed by atoms with van der Waals surface area (Å²) < 4.78 is 1.57. The molecule has 0 saturated heterocycles. The van der Waals surface area contributed by atoms with Gasteiger partial charge in [-0.25, -0.2) is 0 Å². The number of amides is 1. The average molecular weight is 334 g/mol. The highest BCUT2D eigenvalue weighted by Crippen LogP contribution is 2.15. The van der Waals surface area contributed by atoms with Gasteiger partial charge in [0.05, 0.1) is 0 Å². The lowest BCUT2D eigenvalue weighted by atomic mass is 10.1. The van der Waals surface area contributed by atoms with Crippen LogP contribution in [-0.2, 0) is 6.42 Å². The molecule has 0 bridgehead atoms. The van der Waals surface area contributed by atoms with Crippen LogP contribution in [0, 0.1) is 0 Å². The first-order valence-corrected chi connectivity index (χ1v) is 8.54. The Labute approximate surface area is 147 Å². The van der Waals surface area contributed by atoms with E-state index in [1.54, 1.807) is 16.7 Å². The standard InChI is InChI=1S/C21H22N2O2/c1-15(2)23-19(14-17-10-6-7-11-18(17)21(23)25)20(24)22-13-12-16-8-4-3-5-9-16/h3-11,14-15H,12-13H2,1-2H3,(H,22,24). The highest BCUT2D eigenvalue weighted by Gasteiger charge is 2.17. The van der Waals surface area contributed by atoms with E-state index in [2.05, 4.69) is 5.32 Å². The average Bonchev–Trinajstić information content (AvgIpc) is 2.62. The van der Waals surface area contributed by atoms with Gasteiger partial charge < -0.3 is 9.88 Å². The van der Waals surface area contributed by atoms with Crippen molar-refractivity contribution in [1.29, 1.82) is 0 Å². The van der Waals surface area contributed by atoms with Gasteiger partial charge in [-0.3, -0.25) is 9.59 Å². The van der Waals surface area contributed by atoms with Crippen molar-refractivity contribution in [3.05, 3.63) is 82.3 Å². The summed E-state index contributed by atoms with van der Waals surface area (Å²) in [6, 6.07) is 19.1. The Morgan fingerprint density at radius 1 is 1.04 bits per heavy atom. The van der Waals surface area contributed by atoms with E-state index in [0.717, 1.165) is 11.8 Å². The van der Waals surface area contributed by atoms with E-state index in [1.165, 1.54) is 5.56 Å². The first-order valence-electron chi connectivity index (χ1n) is 8.54. The van der Waals surface area contributed by atoms with Gasteiger partial charge in [-0.1, -0.05) is 48.5 Å². The number of hydrogen-bond acceptors (Lipinski definition) is 2. The van der Waals surface area contributed by atoms with Gasteiger partial charge >= 0.3 is 0 Å². The number of nitrogens with one attached hydrogen (secondary N) is 1. The number of carbonyl (C=O) groups excluding carboxylic acids is 1. The second-order valence-corrected chi connectivity index (χ2v) is 6.38. The molecular weight excluding hydrogens is 312 g/mol. The Morgan fingerprint density at radius 3 is 2.44 bits per heavy atom. The number of fused-ring (bicyclic) bond motifs is 1. The highest BCUT2D eigenvalue weighted by atomic mass is 16.2. The smallest absolute Gasteiger partial charge is 0.268 e. The van der Waals surface area contributed by atoms with Crippen molar-refractivity contribution >= 4 is 16.7 Å². The third kappa shape index (κ3) is 3.63. The van der Waals surface area contributed by atoms with Crippen molar-refractivity contribution in [2.45, 2.75) is 26.3 Å². The molecule has 4 heteroatoms. The monoisotopic (exact) mass is 334 g/mol. The number of carbonyl (C=O) groups is 1. The van der Waals surface area contributed by atoms with Crippen LogP contribution in [0.3, 0.4) is 0 Å². The van der Waals surface area contributed by atoms with Crippen LogP contribution < -0.4 is 10.9 Å². The Morgan fingerprint density at radius 2 is 1.72 bits per heavy atom. The fourth-order valence-electron chi connectivity index (χ4n) is 3.02. The summed E-state index contributed by atoms with van der Waals surface area (Å²) in [5, 5.41) is 4.36. The molecule has 0 atom stereocenters. The van der Waals surface area contributed by atoms with E-state index in [1.807, 2.05) is 62.4 Å². The third-order valence-electron chi connectivity index (χ3n) is 4.25. The predicted octanol–water partition coefficient (Wildman–Crippen LogP) is 3.55. The molecule has 25 heavy (non-hydrogen) atoms. The molecule has 1 amide bonds. The van der Waals surface area contributed by atoms with Gasteiger partial charge in [0.1, 0.15) is 5.69 Å². The van der Waals surface area contributed by atoms with Crippen molar-refractivity contribution in [3.8, 4) is 0 Å². The maximum Gasteiger partial charge on any atom is 0.268 e. The molecule has 0 spiro atoms. The van der Waals surface area contributed by atoms with Gasteiger partial charge in [0, 0.05) is 18.0 Å². The molecule has 0 aliphatic rings. The van der Waals surface area contributed by atoms with Crippen molar-refractivity contribution in [1.82, 2.24) is 9.88 Å². The van der Waals surface area contributed by atoms with Crippen LogP contribution in [0.2, 0.25) is 0 Å². The molecule has 1 N–H and O–H groups in total. The van der Waals surface area contributed by atoms with Gasteiger partial charge in [0.2, 0.25) is 0 Å². The van der Waals surface area contributed by atoms with Crippen LogP contribution in [0.15, 0.2) is 65.5 Å². The minimum absolute atomic E-state index is 0.0908. The first kappa shape index (κ1) is 17.0. The fourth-order valence-corrected chi connectivity index (χ4v) is 3.02. The summed E-state index contributed by atoms with van der Waals surface area (Å²) in [5.74, 6) is -0.215. The zero-order chi connectivity index (χ0) is 17.8. The van der Waals surface area contributed by atoms with E-state index in [-0.39, 0.29) is 17.5 Å². The Bertz CT molecular complexity index is 943. The molecule has 2 aromatic carbocycles. The molecular formula is C21H22N2O2. The topological polar surface area (TPSA) is 51.1 Å². The minimum atomic E-state index is -0.215. The zero-order valence-electron chi connectivity index (χ0n) is 14.5. The van der Waals surface area contributed by atoms with E-state index < -0.39 is 0 Å². The number of aromatic nitrogens is 1. The third-order valence-corrected chi connectivity index (χ3v) is 4.25. The van der Waals surface area contributed by atoms with Gasteiger partial charge in [0.25, 0.3) is 11.5 Å². The molecule has 128 valence electrons. The van der Waals surface area contributed by atoms with Gasteiger partial charge in [0.15, 0.2) is 0 Å².